The van der Waals surface area contributed by atoms with Gasteiger partial charge < -0.3 is 15.5 Å². The maximum Gasteiger partial charge on any atom is 0.416 e. The van der Waals surface area contributed by atoms with Crippen LogP contribution in [0, 0.1) is 11.8 Å². The van der Waals surface area contributed by atoms with Gasteiger partial charge in [0, 0.05) is 62.9 Å². The minimum atomic E-state index is -4.47. The Morgan fingerprint density at radius 2 is 1.92 bits per heavy atom. The molecule has 0 radical (unpaired) electrons. The highest BCUT2D eigenvalue weighted by molar-refractivity contribution is 5.74. The van der Waals surface area contributed by atoms with E-state index in [9.17, 15) is 13.2 Å². The fourth-order valence-corrected chi connectivity index (χ4v) is 4.50. The topological polar surface area (TPSA) is 69.2 Å². The third-order valence-electron chi connectivity index (χ3n) is 6.64. The molecule has 0 aliphatic carbocycles. The van der Waals surface area contributed by atoms with Crippen molar-refractivity contribution in [3.63, 3.8) is 0 Å². The van der Waals surface area contributed by atoms with Crippen LogP contribution in [-0.2, 0) is 19.1 Å². The highest BCUT2D eigenvalue weighted by Gasteiger charge is 2.34. The lowest BCUT2D eigenvalue weighted by atomic mass is 10.0. The molecule has 38 heavy (non-hydrogen) atoms. The predicted molar refractivity (Wildman–Crippen MR) is 141 cm³/mol. The number of hydrogen-bond donors (Lipinski definition) is 2. The van der Waals surface area contributed by atoms with E-state index in [1.165, 1.54) is 6.07 Å². The summed E-state index contributed by atoms with van der Waals surface area (Å²) >= 11 is 0. The minimum absolute atomic E-state index is 0.258. The molecule has 2 aliphatic heterocycles. The molecule has 1 saturated heterocycles. The van der Waals surface area contributed by atoms with Crippen LogP contribution in [0.15, 0.2) is 49.3 Å². The number of likely N-dealkylation sites (N-methyl/N-ethyl adjacent to an activating group) is 1. The smallest absolute Gasteiger partial charge is 0.370 e. The molecule has 0 spiro atoms. The Hall–Kier alpha value is -3.94. The second-order valence-electron chi connectivity index (χ2n) is 9.48. The Morgan fingerprint density at radius 1 is 1.11 bits per heavy atom. The molecule has 0 amide bonds. The fraction of sp³-hybridized carbons (Fsp3) is 0.321. The summed E-state index contributed by atoms with van der Waals surface area (Å²) in [6.07, 6.45) is -0.326. The van der Waals surface area contributed by atoms with Gasteiger partial charge in [-0.3, -0.25) is 4.90 Å². The average molecular weight is 520 g/mol. The lowest BCUT2D eigenvalue weighted by Gasteiger charge is -2.33. The van der Waals surface area contributed by atoms with Crippen LogP contribution in [0.5, 0.6) is 0 Å². The SMILES string of the molecule is C=C(Nc1ccc(CN2CCN(C)CC2)c(C(F)(F)F)c1)c1ccnc(C#Cc2cnc3c(c2)CCN3)n1. The number of piperazine rings is 1. The first-order valence-electron chi connectivity index (χ1n) is 12.4. The summed E-state index contributed by atoms with van der Waals surface area (Å²) in [6, 6.07) is 7.94. The number of anilines is 2. The normalized spacial score (nSPS) is 15.8. The molecule has 1 aromatic carbocycles. The first-order chi connectivity index (χ1) is 18.2. The standard InChI is InChI=1S/C28H28F3N7/c1-19(25-8-10-32-26(36-25)6-3-20-15-21-7-9-33-27(21)34-17-20)35-23-5-4-22(24(16-23)28(29,30)31)18-38-13-11-37(2)12-14-38/h4-5,8,10,15-17,35H,1,7,9,11-14,18H2,2H3,(H,33,34). The third-order valence-corrected chi connectivity index (χ3v) is 6.64. The van der Waals surface area contributed by atoms with Crippen molar-refractivity contribution in [2.45, 2.75) is 19.1 Å². The van der Waals surface area contributed by atoms with Gasteiger partial charge in [-0.05, 0) is 54.8 Å². The van der Waals surface area contributed by atoms with Crippen molar-refractivity contribution >= 4 is 17.2 Å². The van der Waals surface area contributed by atoms with E-state index in [4.69, 9.17) is 0 Å². The maximum atomic E-state index is 13.9. The Bertz CT molecular complexity index is 1400. The summed E-state index contributed by atoms with van der Waals surface area (Å²) in [6.45, 7) is 8.26. The van der Waals surface area contributed by atoms with E-state index in [1.807, 2.05) is 13.1 Å². The number of benzene rings is 1. The van der Waals surface area contributed by atoms with Crippen molar-refractivity contribution in [1.82, 2.24) is 24.8 Å². The molecule has 2 aliphatic rings. The van der Waals surface area contributed by atoms with Gasteiger partial charge >= 0.3 is 6.18 Å². The van der Waals surface area contributed by atoms with E-state index in [0.29, 0.717) is 11.4 Å². The van der Waals surface area contributed by atoms with Gasteiger partial charge in [-0.2, -0.15) is 13.2 Å². The summed E-state index contributed by atoms with van der Waals surface area (Å²) < 4.78 is 41.8. The number of rotatable bonds is 5. The second kappa shape index (κ2) is 10.8. The number of nitrogens with one attached hydrogen (secondary N) is 2. The highest BCUT2D eigenvalue weighted by Crippen LogP contribution is 2.35. The number of pyridine rings is 1. The minimum Gasteiger partial charge on any atom is -0.370 e. The summed E-state index contributed by atoms with van der Waals surface area (Å²) in [5.74, 6) is 7.12. The zero-order valence-corrected chi connectivity index (χ0v) is 21.1. The molecular weight excluding hydrogens is 491 g/mol. The van der Waals surface area contributed by atoms with Crippen LogP contribution < -0.4 is 10.6 Å². The van der Waals surface area contributed by atoms with Gasteiger partial charge in [0.2, 0.25) is 5.82 Å². The molecule has 2 N–H and O–H groups in total. The lowest BCUT2D eigenvalue weighted by molar-refractivity contribution is -0.138. The average Bonchev–Trinajstić information content (AvgIpc) is 3.37. The van der Waals surface area contributed by atoms with Crippen molar-refractivity contribution in [2.24, 2.45) is 0 Å². The van der Waals surface area contributed by atoms with Crippen molar-refractivity contribution < 1.29 is 13.2 Å². The number of fused-ring (bicyclic) bond motifs is 1. The summed E-state index contributed by atoms with van der Waals surface area (Å²) in [4.78, 5) is 17.2. The van der Waals surface area contributed by atoms with Crippen molar-refractivity contribution in [3.05, 3.63) is 83.1 Å². The molecule has 0 bridgehead atoms. The zero-order chi connectivity index (χ0) is 26.7. The molecule has 5 rings (SSSR count). The van der Waals surface area contributed by atoms with Crippen LogP contribution in [0.2, 0.25) is 0 Å². The number of alkyl halides is 3. The molecular formula is C28H28F3N7. The van der Waals surface area contributed by atoms with Crippen LogP contribution in [0.4, 0.5) is 24.7 Å². The lowest BCUT2D eigenvalue weighted by Crippen LogP contribution is -2.44. The van der Waals surface area contributed by atoms with E-state index in [2.05, 4.69) is 53.8 Å². The van der Waals surface area contributed by atoms with Gasteiger partial charge in [0.05, 0.1) is 17.0 Å². The Labute approximate surface area is 219 Å². The largest absolute Gasteiger partial charge is 0.416 e. The fourth-order valence-electron chi connectivity index (χ4n) is 4.50. The summed E-state index contributed by atoms with van der Waals surface area (Å²) in [5.41, 5.74) is 2.56. The van der Waals surface area contributed by atoms with Crippen molar-refractivity contribution in [2.75, 3.05) is 50.4 Å². The van der Waals surface area contributed by atoms with E-state index < -0.39 is 11.7 Å². The molecule has 0 saturated carbocycles. The molecule has 3 aromatic rings. The predicted octanol–water partition coefficient (Wildman–Crippen LogP) is 4.09. The monoisotopic (exact) mass is 519 g/mol. The molecule has 1 fully saturated rings. The van der Waals surface area contributed by atoms with Crippen molar-refractivity contribution in [1.29, 1.82) is 0 Å². The Balaban J connectivity index is 1.30. The van der Waals surface area contributed by atoms with Crippen LogP contribution in [0.3, 0.4) is 0 Å². The van der Waals surface area contributed by atoms with Crippen molar-refractivity contribution in [3.8, 4) is 11.8 Å². The quantitative estimate of drug-likeness (QED) is 0.492. The molecule has 7 nitrogen and oxygen atoms in total. The number of nitrogens with zero attached hydrogens (tertiary/aromatic N) is 5. The molecule has 2 aromatic heterocycles. The molecule has 4 heterocycles. The van der Waals surface area contributed by atoms with Gasteiger partial charge in [-0.15, -0.1) is 0 Å². The maximum absolute atomic E-state index is 13.9. The summed E-state index contributed by atoms with van der Waals surface area (Å²) in [5, 5.41) is 6.18. The zero-order valence-electron chi connectivity index (χ0n) is 21.1. The number of halogens is 3. The number of aromatic nitrogens is 3. The van der Waals surface area contributed by atoms with Crippen LogP contribution in [0.1, 0.15) is 33.8 Å². The van der Waals surface area contributed by atoms with Gasteiger partial charge in [-0.1, -0.05) is 18.6 Å². The third kappa shape index (κ3) is 6.13. The number of hydrogen-bond acceptors (Lipinski definition) is 7. The van der Waals surface area contributed by atoms with Gasteiger partial charge in [-0.25, -0.2) is 15.0 Å². The van der Waals surface area contributed by atoms with E-state index in [1.54, 1.807) is 24.5 Å². The van der Waals surface area contributed by atoms with Crippen LogP contribution >= 0.6 is 0 Å². The first kappa shape index (κ1) is 25.7. The van der Waals surface area contributed by atoms with E-state index >= 15 is 0 Å². The van der Waals surface area contributed by atoms with Crippen LogP contribution in [-0.4, -0.2) is 64.5 Å². The first-order valence-corrected chi connectivity index (χ1v) is 12.4. The second-order valence-corrected chi connectivity index (χ2v) is 9.48. The molecule has 10 heteroatoms. The van der Waals surface area contributed by atoms with Crippen LogP contribution in [0.25, 0.3) is 5.70 Å². The van der Waals surface area contributed by atoms with Gasteiger partial charge in [0.15, 0.2) is 0 Å². The summed E-state index contributed by atoms with van der Waals surface area (Å²) in [7, 11) is 2.02. The Morgan fingerprint density at radius 3 is 2.71 bits per heavy atom. The molecule has 0 unspecified atom stereocenters. The van der Waals surface area contributed by atoms with Gasteiger partial charge in [0.25, 0.3) is 0 Å². The highest BCUT2D eigenvalue weighted by atomic mass is 19.4. The van der Waals surface area contributed by atoms with E-state index in [0.717, 1.165) is 62.2 Å². The van der Waals surface area contributed by atoms with E-state index in [-0.39, 0.29) is 23.6 Å². The molecule has 0 atom stereocenters. The molecule has 196 valence electrons. The Kier molecular flexibility index (Phi) is 7.31. The van der Waals surface area contributed by atoms with Gasteiger partial charge in [0.1, 0.15) is 5.82 Å².